The van der Waals surface area contributed by atoms with Gasteiger partial charge in [-0.2, -0.15) is 0 Å². The van der Waals surface area contributed by atoms with Crippen molar-refractivity contribution in [2.24, 2.45) is 0 Å². The fourth-order valence-electron chi connectivity index (χ4n) is 4.87. The molecule has 2 aromatic carbocycles. The monoisotopic (exact) mass is 455 g/mol. The standard InChI is InChI=1S/C26H33N3O2.ClH/c1-18(2)29-19(3)25(23-17-22(30)9-10-24(23)29)26(31)27-21-12-15-28(16-13-21)14-11-20-7-5-4-6-8-20;/h4-10,17-18,21,30H,11-16H2,1-3H3,(H,27,31);1H. The number of benzene rings is 2. The Labute approximate surface area is 196 Å². The Balaban J connectivity index is 0.00000289. The first-order valence-corrected chi connectivity index (χ1v) is 11.3. The summed E-state index contributed by atoms with van der Waals surface area (Å²) in [6.45, 7) is 9.30. The Morgan fingerprint density at radius 3 is 2.47 bits per heavy atom. The number of aromatic nitrogens is 1. The summed E-state index contributed by atoms with van der Waals surface area (Å²) in [5.74, 6) is 0.157. The molecular formula is C26H34ClN3O2. The molecule has 0 atom stereocenters. The van der Waals surface area contributed by atoms with E-state index < -0.39 is 0 Å². The number of likely N-dealkylation sites (tertiary alicyclic amines) is 1. The predicted octanol–water partition coefficient (Wildman–Crippen LogP) is 5.09. The molecule has 1 saturated heterocycles. The summed E-state index contributed by atoms with van der Waals surface area (Å²) in [4.78, 5) is 15.8. The van der Waals surface area contributed by atoms with Crippen molar-refractivity contribution in [2.75, 3.05) is 19.6 Å². The van der Waals surface area contributed by atoms with Crippen LogP contribution in [-0.2, 0) is 6.42 Å². The molecule has 172 valence electrons. The van der Waals surface area contributed by atoms with Crippen LogP contribution in [0.4, 0.5) is 0 Å². The van der Waals surface area contributed by atoms with E-state index >= 15 is 0 Å². The molecule has 0 saturated carbocycles. The molecule has 0 spiro atoms. The second-order valence-electron chi connectivity index (χ2n) is 8.95. The molecule has 3 aromatic rings. The second-order valence-corrected chi connectivity index (χ2v) is 8.95. The maximum Gasteiger partial charge on any atom is 0.253 e. The molecule has 5 nitrogen and oxygen atoms in total. The number of halogens is 1. The fourth-order valence-corrected chi connectivity index (χ4v) is 4.87. The number of piperidine rings is 1. The first-order chi connectivity index (χ1) is 14.9. The van der Waals surface area contributed by atoms with Crippen molar-refractivity contribution in [2.45, 2.75) is 52.1 Å². The van der Waals surface area contributed by atoms with Crippen LogP contribution in [-0.4, -0.2) is 46.2 Å². The summed E-state index contributed by atoms with van der Waals surface area (Å²) in [5.41, 5.74) is 4.00. The number of rotatable bonds is 6. The van der Waals surface area contributed by atoms with E-state index in [1.54, 1.807) is 12.1 Å². The Bertz CT molecular complexity index is 1050. The third-order valence-corrected chi connectivity index (χ3v) is 6.46. The maximum absolute atomic E-state index is 13.3. The third-order valence-electron chi connectivity index (χ3n) is 6.46. The molecule has 1 aliphatic rings. The minimum Gasteiger partial charge on any atom is -0.508 e. The van der Waals surface area contributed by atoms with Crippen LogP contribution in [0.25, 0.3) is 10.9 Å². The molecule has 1 fully saturated rings. The summed E-state index contributed by atoms with van der Waals surface area (Å²) in [7, 11) is 0. The lowest BCUT2D eigenvalue weighted by atomic mass is 10.0. The highest BCUT2D eigenvalue weighted by Crippen LogP contribution is 2.31. The lowest BCUT2D eigenvalue weighted by molar-refractivity contribution is 0.0912. The molecular weight excluding hydrogens is 422 g/mol. The minimum atomic E-state index is -0.0322. The number of hydrogen-bond donors (Lipinski definition) is 2. The quantitative estimate of drug-likeness (QED) is 0.544. The Kier molecular flexibility index (Phi) is 7.86. The highest BCUT2D eigenvalue weighted by atomic mass is 35.5. The van der Waals surface area contributed by atoms with E-state index in [1.165, 1.54) is 5.56 Å². The van der Waals surface area contributed by atoms with E-state index in [0.29, 0.717) is 5.56 Å². The van der Waals surface area contributed by atoms with Crippen molar-refractivity contribution in [1.29, 1.82) is 0 Å². The van der Waals surface area contributed by atoms with E-state index in [0.717, 1.165) is 55.5 Å². The van der Waals surface area contributed by atoms with E-state index in [2.05, 4.69) is 59.0 Å². The van der Waals surface area contributed by atoms with Crippen molar-refractivity contribution in [1.82, 2.24) is 14.8 Å². The smallest absolute Gasteiger partial charge is 0.253 e. The minimum absolute atomic E-state index is 0. The number of phenolic OH excluding ortho intramolecular Hbond substituents is 1. The third kappa shape index (κ3) is 5.11. The number of carbonyl (C=O) groups is 1. The first-order valence-electron chi connectivity index (χ1n) is 11.3. The molecule has 2 heterocycles. The average molecular weight is 456 g/mol. The zero-order chi connectivity index (χ0) is 22.0. The van der Waals surface area contributed by atoms with Crippen LogP contribution in [0.3, 0.4) is 0 Å². The Morgan fingerprint density at radius 2 is 1.81 bits per heavy atom. The van der Waals surface area contributed by atoms with E-state index in [4.69, 9.17) is 0 Å². The summed E-state index contributed by atoms with van der Waals surface area (Å²) in [6.07, 6.45) is 3.00. The van der Waals surface area contributed by atoms with Gasteiger partial charge in [0.15, 0.2) is 0 Å². The van der Waals surface area contributed by atoms with E-state index in [1.807, 2.05) is 13.0 Å². The molecule has 32 heavy (non-hydrogen) atoms. The van der Waals surface area contributed by atoms with Crippen LogP contribution in [0.15, 0.2) is 48.5 Å². The molecule has 1 amide bonds. The topological polar surface area (TPSA) is 57.5 Å². The molecule has 2 N–H and O–H groups in total. The van der Waals surface area contributed by atoms with Gasteiger partial charge in [0.2, 0.25) is 0 Å². The van der Waals surface area contributed by atoms with Crippen LogP contribution >= 0.6 is 12.4 Å². The van der Waals surface area contributed by atoms with Gasteiger partial charge < -0.3 is 19.9 Å². The van der Waals surface area contributed by atoms with Crippen LogP contribution in [0, 0.1) is 6.92 Å². The van der Waals surface area contributed by atoms with Gasteiger partial charge in [0.05, 0.1) is 5.56 Å². The Hall–Kier alpha value is -2.50. The number of nitrogens with one attached hydrogen (secondary N) is 1. The lowest BCUT2D eigenvalue weighted by Gasteiger charge is -2.32. The van der Waals surface area contributed by atoms with Gasteiger partial charge in [0.25, 0.3) is 5.91 Å². The second kappa shape index (κ2) is 10.4. The SMILES string of the molecule is Cc1c(C(=O)NC2CCN(CCc3ccccc3)CC2)c2cc(O)ccc2n1C(C)C.Cl. The molecule has 6 heteroatoms. The van der Waals surface area contributed by atoms with E-state index in [-0.39, 0.29) is 36.1 Å². The number of hydrogen-bond acceptors (Lipinski definition) is 3. The lowest BCUT2D eigenvalue weighted by Crippen LogP contribution is -2.45. The van der Waals surface area contributed by atoms with Gasteiger partial charge >= 0.3 is 0 Å². The van der Waals surface area contributed by atoms with Gasteiger partial charge in [-0.3, -0.25) is 4.79 Å². The Morgan fingerprint density at radius 1 is 1.12 bits per heavy atom. The summed E-state index contributed by atoms with van der Waals surface area (Å²) in [6, 6.07) is 16.3. The van der Waals surface area contributed by atoms with Crippen molar-refractivity contribution >= 4 is 29.2 Å². The zero-order valence-corrected chi connectivity index (χ0v) is 20.0. The van der Waals surface area contributed by atoms with Crippen LogP contribution in [0.2, 0.25) is 0 Å². The number of phenols is 1. The predicted molar refractivity (Wildman–Crippen MR) is 133 cm³/mol. The molecule has 1 aliphatic heterocycles. The summed E-state index contributed by atoms with van der Waals surface area (Å²) in [5, 5.41) is 14.1. The highest BCUT2D eigenvalue weighted by molar-refractivity contribution is 6.09. The number of amides is 1. The number of fused-ring (bicyclic) bond motifs is 1. The molecule has 0 unspecified atom stereocenters. The van der Waals surface area contributed by atoms with Gasteiger partial charge in [-0.1, -0.05) is 30.3 Å². The highest BCUT2D eigenvalue weighted by Gasteiger charge is 2.25. The van der Waals surface area contributed by atoms with E-state index in [9.17, 15) is 9.90 Å². The number of aromatic hydroxyl groups is 1. The zero-order valence-electron chi connectivity index (χ0n) is 19.2. The molecule has 0 radical (unpaired) electrons. The van der Waals surface area contributed by atoms with Gasteiger partial charge in [0, 0.05) is 48.3 Å². The molecule has 4 rings (SSSR count). The molecule has 0 aliphatic carbocycles. The first kappa shape index (κ1) is 24.1. The normalized spacial score (nSPS) is 15.1. The number of nitrogens with zero attached hydrogens (tertiary/aromatic N) is 2. The van der Waals surface area contributed by atoms with Gasteiger partial charge in [-0.25, -0.2) is 0 Å². The van der Waals surface area contributed by atoms with Crippen LogP contribution in [0.1, 0.15) is 54.3 Å². The molecule has 0 bridgehead atoms. The van der Waals surface area contributed by atoms with Crippen molar-refractivity contribution in [3.05, 3.63) is 65.4 Å². The van der Waals surface area contributed by atoms with Gasteiger partial charge in [-0.15, -0.1) is 12.4 Å². The largest absolute Gasteiger partial charge is 0.508 e. The molecule has 1 aromatic heterocycles. The van der Waals surface area contributed by atoms with Crippen LogP contribution < -0.4 is 5.32 Å². The summed E-state index contributed by atoms with van der Waals surface area (Å²) >= 11 is 0. The fraction of sp³-hybridized carbons (Fsp3) is 0.423. The van der Waals surface area contributed by atoms with Crippen LogP contribution in [0.5, 0.6) is 5.75 Å². The number of carbonyl (C=O) groups excluding carboxylic acids is 1. The van der Waals surface area contributed by atoms with Crippen molar-refractivity contribution in [3.63, 3.8) is 0 Å². The van der Waals surface area contributed by atoms with Gasteiger partial charge in [-0.05, 0) is 63.8 Å². The summed E-state index contributed by atoms with van der Waals surface area (Å²) < 4.78 is 2.18. The van der Waals surface area contributed by atoms with Gasteiger partial charge in [0.1, 0.15) is 5.75 Å². The van der Waals surface area contributed by atoms with Crippen molar-refractivity contribution in [3.8, 4) is 5.75 Å². The van der Waals surface area contributed by atoms with Crippen molar-refractivity contribution < 1.29 is 9.90 Å². The maximum atomic E-state index is 13.3. The average Bonchev–Trinajstić information content (AvgIpc) is 3.05.